The molecule has 1 saturated heterocycles. The standard InChI is InChI=1S/C12H21N3OS/c1-16-8-3-6-15-7-5-12(14-15)13-11-4-2-9-17-10-11/h5,7,11H,2-4,6,8-10H2,1H3,(H,13,14). The molecule has 0 radical (unpaired) electrons. The van der Waals surface area contributed by atoms with Gasteiger partial charge in [0.2, 0.25) is 0 Å². The molecule has 96 valence electrons. The van der Waals surface area contributed by atoms with Gasteiger partial charge in [-0.2, -0.15) is 16.9 Å². The molecule has 2 rings (SSSR count). The van der Waals surface area contributed by atoms with Crippen LogP contribution in [0.15, 0.2) is 12.3 Å². The van der Waals surface area contributed by atoms with Gasteiger partial charge in [-0.05, 0) is 25.0 Å². The second-order valence-electron chi connectivity index (χ2n) is 4.37. The molecule has 0 amide bonds. The van der Waals surface area contributed by atoms with E-state index >= 15 is 0 Å². The van der Waals surface area contributed by atoms with Gasteiger partial charge in [0.1, 0.15) is 5.82 Å². The van der Waals surface area contributed by atoms with Gasteiger partial charge in [-0.25, -0.2) is 0 Å². The molecule has 1 N–H and O–H groups in total. The van der Waals surface area contributed by atoms with Crippen LogP contribution in [0.4, 0.5) is 5.82 Å². The summed E-state index contributed by atoms with van der Waals surface area (Å²) in [6, 6.07) is 2.66. The molecule has 5 heteroatoms. The predicted octanol–water partition coefficient (Wildman–Crippen LogP) is 2.23. The average molecular weight is 255 g/mol. The minimum atomic E-state index is 0.594. The van der Waals surface area contributed by atoms with Gasteiger partial charge < -0.3 is 10.1 Å². The quantitative estimate of drug-likeness (QED) is 0.791. The highest BCUT2D eigenvalue weighted by molar-refractivity contribution is 7.99. The Labute approximate surface area is 107 Å². The van der Waals surface area contributed by atoms with E-state index in [1.165, 1.54) is 24.3 Å². The van der Waals surface area contributed by atoms with Gasteiger partial charge in [-0.3, -0.25) is 4.68 Å². The fraction of sp³-hybridized carbons (Fsp3) is 0.750. The second kappa shape index (κ2) is 6.91. The Bertz CT molecular complexity index is 323. The molecule has 1 atom stereocenters. The van der Waals surface area contributed by atoms with Crippen molar-refractivity contribution in [3.63, 3.8) is 0 Å². The lowest BCUT2D eigenvalue weighted by Crippen LogP contribution is -2.25. The van der Waals surface area contributed by atoms with Crippen LogP contribution < -0.4 is 5.32 Å². The average Bonchev–Trinajstić information content (AvgIpc) is 2.79. The lowest BCUT2D eigenvalue weighted by molar-refractivity contribution is 0.189. The summed E-state index contributed by atoms with van der Waals surface area (Å²) in [6.07, 6.45) is 5.63. The number of nitrogens with one attached hydrogen (secondary N) is 1. The highest BCUT2D eigenvalue weighted by Gasteiger charge is 2.14. The van der Waals surface area contributed by atoms with Gasteiger partial charge in [0.25, 0.3) is 0 Å². The lowest BCUT2D eigenvalue weighted by Gasteiger charge is -2.22. The summed E-state index contributed by atoms with van der Waals surface area (Å²) in [6.45, 7) is 1.72. The topological polar surface area (TPSA) is 39.1 Å². The highest BCUT2D eigenvalue weighted by atomic mass is 32.2. The van der Waals surface area contributed by atoms with Gasteiger partial charge in [-0.15, -0.1) is 0 Å². The van der Waals surface area contributed by atoms with Crippen LogP contribution in [-0.2, 0) is 11.3 Å². The van der Waals surface area contributed by atoms with Crippen LogP contribution in [0.3, 0.4) is 0 Å². The molecule has 0 aromatic carbocycles. The summed E-state index contributed by atoms with van der Waals surface area (Å²) in [5.41, 5.74) is 0. The predicted molar refractivity (Wildman–Crippen MR) is 72.7 cm³/mol. The monoisotopic (exact) mass is 255 g/mol. The fourth-order valence-corrected chi connectivity index (χ4v) is 3.07. The first-order chi connectivity index (χ1) is 8.38. The van der Waals surface area contributed by atoms with Crippen molar-refractivity contribution in [3.05, 3.63) is 12.3 Å². The van der Waals surface area contributed by atoms with Gasteiger partial charge in [0.05, 0.1) is 0 Å². The number of methoxy groups -OCH3 is 1. The van der Waals surface area contributed by atoms with E-state index in [9.17, 15) is 0 Å². The number of hydrogen-bond acceptors (Lipinski definition) is 4. The zero-order chi connectivity index (χ0) is 11.9. The van der Waals surface area contributed by atoms with E-state index in [-0.39, 0.29) is 0 Å². The number of rotatable bonds is 6. The number of anilines is 1. The van der Waals surface area contributed by atoms with Crippen LogP contribution in [0.25, 0.3) is 0 Å². The number of hydrogen-bond donors (Lipinski definition) is 1. The van der Waals surface area contributed by atoms with Crippen molar-refractivity contribution in [1.82, 2.24) is 9.78 Å². The molecular weight excluding hydrogens is 234 g/mol. The van der Waals surface area contributed by atoms with E-state index < -0.39 is 0 Å². The summed E-state index contributed by atoms with van der Waals surface area (Å²) < 4.78 is 7.02. The van der Waals surface area contributed by atoms with E-state index in [4.69, 9.17) is 4.74 Å². The number of aromatic nitrogens is 2. The Morgan fingerprint density at radius 1 is 1.65 bits per heavy atom. The zero-order valence-electron chi connectivity index (χ0n) is 10.4. The Kier molecular flexibility index (Phi) is 5.19. The number of ether oxygens (including phenoxy) is 1. The highest BCUT2D eigenvalue weighted by Crippen LogP contribution is 2.19. The Balaban J connectivity index is 1.76. The molecule has 4 nitrogen and oxygen atoms in total. The van der Waals surface area contributed by atoms with E-state index in [2.05, 4.69) is 16.5 Å². The van der Waals surface area contributed by atoms with Gasteiger partial charge in [0.15, 0.2) is 0 Å². The largest absolute Gasteiger partial charge is 0.385 e. The second-order valence-corrected chi connectivity index (χ2v) is 5.52. The molecule has 1 aromatic heterocycles. The molecule has 1 aliphatic heterocycles. The van der Waals surface area contributed by atoms with Crippen LogP contribution in [0.1, 0.15) is 19.3 Å². The molecule has 0 bridgehead atoms. The summed E-state index contributed by atoms with van der Waals surface area (Å²) in [5.74, 6) is 3.52. The molecule has 1 aromatic rings. The lowest BCUT2D eigenvalue weighted by atomic mass is 10.2. The third-order valence-electron chi connectivity index (χ3n) is 2.89. The normalized spacial score (nSPS) is 20.4. The maximum absolute atomic E-state index is 5.03. The molecule has 1 unspecified atom stereocenters. The van der Waals surface area contributed by atoms with Crippen molar-refractivity contribution >= 4 is 17.6 Å². The van der Waals surface area contributed by atoms with E-state index in [0.29, 0.717) is 6.04 Å². The molecule has 2 heterocycles. The van der Waals surface area contributed by atoms with Crippen LogP contribution in [0.5, 0.6) is 0 Å². The molecule has 0 saturated carbocycles. The summed E-state index contributed by atoms with van der Waals surface area (Å²) in [5, 5.41) is 8.02. The Morgan fingerprint density at radius 3 is 3.35 bits per heavy atom. The van der Waals surface area contributed by atoms with Crippen molar-refractivity contribution in [2.75, 3.05) is 30.5 Å². The number of aryl methyl sites for hydroxylation is 1. The van der Waals surface area contributed by atoms with Crippen molar-refractivity contribution in [1.29, 1.82) is 0 Å². The maximum Gasteiger partial charge on any atom is 0.148 e. The first kappa shape index (κ1) is 12.8. The van der Waals surface area contributed by atoms with Crippen molar-refractivity contribution in [3.8, 4) is 0 Å². The van der Waals surface area contributed by atoms with Crippen molar-refractivity contribution in [2.24, 2.45) is 0 Å². The Hall–Kier alpha value is -0.680. The van der Waals surface area contributed by atoms with Crippen LogP contribution in [-0.4, -0.2) is 41.0 Å². The summed E-state index contributed by atoms with van der Waals surface area (Å²) in [4.78, 5) is 0. The van der Waals surface area contributed by atoms with Crippen LogP contribution >= 0.6 is 11.8 Å². The molecule has 0 aliphatic carbocycles. The molecule has 17 heavy (non-hydrogen) atoms. The minimum Gasteiger partial charge on any atom is -0.385 e. The first-order valence-corrected chi connectivity index (χ1v) is 7.40. The SMILES string of the molecule is COCCCn1ccc(NC2CCCSC2)n1. The molecule has 0 spiro atoms. The minimum absolute atomic E-state index is 0.594. The summed E-state index contributed by atoms with van der Waals surface area (Å²) >= 11 is 2.03. The molecular formula is C12H21N3OS. The van der Waals surface area contributed by atoms with Gasteiger partial charge >= 0.3 is 0 Å². The smallest absolute Gasteiger partial charge is 0.148 e. The number of nitrogens with zero attached hydrogens (tertiary/aromatic N) is 2. The van der Waals surface area contributed by atoms with Crippen LogP contribution in [0, 0.1) is 0 Å². The van der Waals surface area contributed by atoms with E-state index in [0.717, 1.165) is 25.4 Å². The fourth-order valence-electron chi connectivity index (χ4n) is 2.00. The van der Waals surface area contributed by atoms with E-state index in [1.54, 1.807) is 7.11 Å². The third-order valence-corrected chi connectivity index (χ3v) is 4.10. The summed E-state index contributed by atoms with van der Waals surface area (Å²) in [7, 11) is 1.73. The van der Waals surface area contributed by atoms with Crippen molar-refractivity contribution < 1.29 is 4.74 Å². The van der Waals surface area contributed by atoms with Gasteiger partial charge in [0, 0.05) is 44.3 Å². The van der Waals surface area contributed by atoms with E-state index in [1.807, 2.05) is 22.6 Å². The number of thioether (sulfide) groups is 1. The Morgan fingerprint density at radius 2 is 2.59 bits per heavy atom. The maximum atomic E-state index is 5.03. The van der Waals surface area contributed by atoms with Gasteiger partial charge in [-0.1, -0.05) is 0 Å². The third kappa shape index (κ3) is 4.24. The van der Waals surface area contributed by atoms with Crippen LogP contribution in [0.2, 0.25) is 0 Å². The zero-order valence-corrected chi connectivity index (χ0v) is 11.2. The van der Waals surface area contributed by atoms with Crippen molar-refractivity contribution in [2.45, 2.75) is 31.8 Å². The first-order valence-electron chi connectivity index (χ1n) is 6.25. The molecule has 1 aliphatic rings. The molecule has 1 fully saturated rings.